The third-order valence-corrected chi connectivity index (χ3v) is 2.55. The van der Waals surface area contributed by atoms with Gasteiger partial charge in [0.15, 0.2) is 0 Å². The Hall–Kier alpha value is -1.40. The summed E-state index contributed by atoms with van der Waals surface area (Å²) in [6.07, 6.45) is 7.48. The Morgan fingerprint density at radius 2 is 1.94 bits per heavy atom. The van der Waals surface area contributed by atoms with Gasteiger partial charge < -0.3 is 5.32 Å². The van der Waals surface area contributed by atoms with E-state index in [1.165, 1.54) is 12.1 Å². The molecule has 1 aromatic carbocycles. The van der Waals surface area contributed by atoms with E-state index < -0.39 is 11.6 Å². The van der Waals surface area contributed by atoms with Crippen LogP contribution in [0.1, 0.15) is 37.8 Å². The third kappa shape index (κ3) is 4.54. The predicted molar refractivity (Wildman–Crippen MR) is 65.5 cm³/mol. The summed E-state index contributed by atoms with van der Waals surface area (Å²) in [5.74, 6) is 1.48. The van der Waals surface area contributed by atoms with Crippen LogP contribution in [0, 0.1) is 24.0 Å². The SMILES string of the molecule is C#CCCCC(NCC)c1cc(F)cc(F)c1. The molecule has 1 atom stereocenters. The maximum absolute atomic E-state index is 13.1. The molecule has 0 heterocycles. The first-order valence-corrected chi connectivity index (χ1v) is 5.80. The first-order chi connectivity index (χ1) is 8.17. The van der Waals surface area contributed by atoms with Gasteiger partial charge in [-0.05, 0) is 37.1 Å². The van der Waals surface area contributed by atoms with Crippen molar-refractivity contribution in [2.75, 3.05) is 6.54 Å². The molecule has 1 nitrogen and oxygen atoms in total. The van der Waals surface area contributed by atoms with Crippen molar-refractivity contribution >= 4 is 0 Å². The van der Waals surface area contributed by atoms with E-state index in [9.17, 15) is 8.78 Å². The van der Waals surface area contributed by atoms with Crippen molar-refractivity contribution in [2.45, 2.75) is 32.2 Å². The van der Waals surface area contributed by atoms with Crippen molar-refractivity contribution in [3.63, 3.8) is 0 Å². The van der Waals surface area contributed by atoms with Gasteiger partial charge in [-0.3, -0.25) is 0 Å². The summed E-state index contributed by atoms with van der Waals surface area (Å²) < 4.78 is 26.2. The number of hydrogen-bond donors (Lipinski definition) is 1. The van der Waals surface area contributed by atoms with Crippen LogP contribution in [-0.4, -0.2) is 6.54 Å². The maximum atomic E-state index is 13.1. The topological polar surface area (TPSA) is 12.0 Å². The van der Waals surface area contributed by atoms with E-state index in [4.69, 9.17) is 6.42 Å². The van der Waals surface area contributed by atoms with Gasteiger partial charge in [0.2, 0.25) is 0 Å². The van der Waals surface area contributed by atoms with Crippen LogP contribution in [-0.2, 0) is 0 Å². The van der Waals surface area contributed by atoms with Crippen molar-refractivity contribution in [3.8, 4) is 12.3 Å². The van der Waals surface area contributed by atoms with E-state index in [-0.39, 0.29) is 6.04 Å². The Kier molecular flexibility index (Phi) is 5.65. The smallest absolute Gasteiger partial charge is 0.126 e. The number of nitrogens with one attached hydrogen (secondary N) is 1. The molecule has 92 valence electrons. The molecule has 0 spiro atoms. The number of terminal acetylenes is 1. The van der Waals surface area contributed by atoms with E-state index in [2.05, 4.69) is 11.2 Å². The number of unbranched alkanes of at least 4 members (excludes halogenated alkanes) is 1. The lowest BCUT2D eigenvalue weighted by molar-refractivity contribution is 0.492. The van der Waals surface area contributed by atoms with Crippen LogP contribution in [0.3, 0.4) is 0 Å². The molecule has 0 aliphatic rings. The normalized spacial score (nSPS) is 12.1. The van der Waals surface area contributed by atoms with Gasteiger partial charge in [-0.1, -0.05) is 6.92 Å². The Balaban J connectivity index is 2.77. The van der Waals surface area contributed by atoms with Gasteiger partial charge in [-0.15, -0.1) is 12.3 Å². The number of halogens is 2. The standard InChI is InChI=1S/C14H17F2N/c1-3-5-6-7-14(17-4-2)11-8-12(15)10-13(16)9-11/h1,8-10,14,17H,4-7H2,2H3. The molecular formula is C14H17F2N. The molecule has 17 heavy (non-hydrogen) atoms. The molecule has 0 amide bonds. The van der Waals surface area contributed by atoms with E-state index in [1.807, 2.05) is 6.92 Å². The second kappa shape index (κ2) is 7.03. The average molecular weight is 237 g/mol. The molecule has 1 N–H and O–H groups in total. The minimum absolute atomic E-state index is 0.0430. The van der Waals surface area contributed by atoms with Crippen LogP contribution >= 0.6 is 0 Å². The molecule has 1 unspecified atom stereocenters. The molecule has 1 rings (SSSR count). The van der Waals surface area contributed by atoms with Gasteiger partial charge in [-0.2, -0.15) is 0 Å². The fraction of sp³-hybridized carbons (Fsp3) is 0.429. The largest absolute Gasteiger partial charge is 0.310 e. The van der Waals surface area contributed by atoms with Gasteiger partial charge in [0.1, 0.15) is 11.6 Å². The summed E-state index contributed by atoms with van der Waals surface area (Å²) in [4.78, 5) is 0. The maximum Gasteiger partial charge on any atom is 0.126 e. The fourth-order valence-electron chi connectivity index (χ4n) is 1.82. The molecule has 0 fully saturated rings. The molecule has 0 bridgehead atoms. The second-order valence-electron chi connectivity index (χ2n) is 3.91. The summed E-state index contributed by atoms with van der Waals surface area (Å²) >= 11 is 0. The summed E-state index contributed by atoms with van der Waals surface area (Å²) in [5.41, 5.74) is 0.640. The number of benzene rings is 1. The second-order valence-corrected chi connectivity index (χ2v) is 3.91. The van der Waals surface area contributed by atoms with E-state index in [0.717, 1.165) is 25.5 Å². The van der Waals surface area contributed by atoms with Crippen LogP contribution in [0.5, 0.6) is 0 Å². The molecule has 0 radical (unpaired) electrons. The molecule has 0 aliphatic carbocycles. The number of rotatable bonds is 6. The monoisotopic (exact) mass is 237 g/mol. The first kappa shape index (κ1) is 13.7. The highest BCUT2D eigenvalue weighted by atomic mass is 19.1. The Labute approximate surface area is 101 Å². The minimum atomic E-state index is -0.542. The van der Waals surface area contributed by atoms with Crippen molar-refractivity contribution in [1.29, 1.82) is 0 Å². The molecule has 0 saturated carbocycles. The zero-order valence-electron chi connectivity index (χ0n) is 9.97. The van der Waals surface area contributed by atoms with Crippen molar-refractivity contribution in [3.05, 3.63) is 35.4 Å². The van der Waals surface area contributed by atoms with Crippen LogP contribution in [0.4, 0.5) is 8.78 Å². The van der Waals surface area contributed by atoms with Crippen molar-refractivity contribution in [1.82, 2.24) is 5.32 Å². The third-order valence-electron chi connectivity index (χ3n) is 2.55. The van der Waals surface area contributed by atoms with Gasteiger partial charge in [0.05, 0.1) is 0 Å². The average Bonchev–Trinajstić information content (AvgIpc) is 2.27. The van der Waals surface area contributed by atoms with E-state index in [0.29, 0.717) is 12.0 Å². The Bertz CT molecular complexity index is 375. The summed E-state index contributed by atoms with van der Waals surface area (Å²) in [6.45, 7) is 2.71. The van der Waals surface area contributed by atoms with Crippen LogP contribution in [0.15, 0.2) is 18.2 Å². The first-order valence-electron chi connectivity index (χ1n) is 5.80. The summed E-state index contributed by atoms with van der Waals surface area (Å²) in [6, 6.07) is 3.57. The molecule has 0 saturated heterocycles. The highest BCUT2D eigenvalue weighted by Gasteiger charge is 2.12. The van der Waals surface area contributed by atoms with Crippen LogP contribution in [0.25, 0.3) is 0 Å². The number of hydrogen-bond acceptors (Lipinski definition) is 1. The molecular weight excluding hydrogens is 220 g/mol. The van der Waals surface area contributed by atoms with Crippen molar-refractivity contribution < 1.29 is 8.78 Å². The van der Waals surface area contributed by atoms with Gasteiger partial charge in [0, 0.05) is 18.5 Å². The van der Waals surface area contributed by atoms with Crippen molar-refractivity contribution in [2.24, 2.45) is 0 Å². The lowest BCUT2D eigenvalue weighted by Crippen LogP contribution is -2.21. The highest BCUT2D eigenvalue weighted by molar-refractivity contribution is 5.21. The highest BCUT2D eigenvalue weighted by Crippen LogP contribution is 2.21. The molecule has 1 aromatic rings. The zero-order valence-corrected chi connectivity index (χ0v) is 9.97. The van der Waals surface area contributed by atoms with E-state index >= 15 is 0 Å². The fourth-order valence-corrected chi connectivity index (χ4v) is 1.82. The lowest BCUT2D eigenvalue weighted by atomic mass is 10.0. The lowest BCUT2D eigenvalue weighted by Gasteiger charge is -2.18. The Morgan fingerprint density at radius 1 is 1.29 bits per heavy atom. The van der Waals surface area contributed by atoms with Gasteiger partial charge >= 0.3 is 0 Å². The quantitative estimate of drug-likeness (QED) is 0.590. The molecule has 3 heteroatoms. The predicted octanol–water partition coefficient (Wildman–Crippen LogP) is 3.42. The van der Waals surface area contributed by atoms with Gasteiger partial charge in [0.25, 0.3) is 0 Å². The summed E-state index contributed by atoms with van der Waals surface area (Å²) in [5, 5.41) is 3.21. The Morgan fingerprint density at radius 3 is 2.47 bits per heavy atom. The van der Waals surface area contributed by atoms with E-state index in [1.54, 1.807) is 0 Å². The minimum Gasteiger partial charge on any atom is -0.310 e. The van der Waals surface area contributed by atoms with Crippen LogP contribution < -0.4 is 5.32 Å². The molecule has 0 aromatic heterocycles. The van der Waals surface area contributed by atoms with Crippen LogP contribution in [0.2, 0.25) is 0 Å². The van der Waals surface area contributed by atoms with Gasteiger partial charge in [-0.25, -0.2) is 8.78 Å². The summed E-state index contributed by atoms with van der Waals surface area (Å²) in [7, 11) is 0. The molecule has 0 aliphatic heterocycles. The zero-order chi connectivity index (χ0) is 12.7.